The maximum Gasteiger partial charge on any atom is 0.220 e. The third kappa shape index (κ3) is 5.06. The summed E-state index contributed by atoms with van der Waals surface area (Å²) in [6.07, 6.45) is 6.42. The summed E-state index contributed by atoms with van der Waals surface area (Å²) in [5.41, 5.74) is 3.83. The molecule has 1 aromatic heterocycles. The minimum Gasteiger partial charge on any atom is -0.490 e. The number of carbonyl (C=O) groups excluding carboxylic acids is 1. The standard InChI is InChI=1S/C18H22N2O2S/c21-18(19-11-15-12-23-13-20-15)9-8-14-4-3-7-17(10-14)22-16-5-1-2-6-16/h3-4,7,10,12-13,16H,1-2,5-6,8-9,11H2,(H,19,21). The van der Waals surface area contributed by atoms with Crippen LogP contribution in [0.5, 0.6) is 5.75 Å². The van der Waals surface area contributed by atoms with Gasteiger partial charge in [0.2, 0.25) is 5.91 Å². The molecule has 0 aliphatic heterocycles. The summed E-state index contributed by atoms with van der Waals surface area (Å²) in [4.78, 5) is 16.1. The van der Waals surface area contributed by atoms with Crippen molar-refractivity contribution in [2.45, 2.75) is 51.2 Å². The summed E-state index contributed by atoms with van der Waals surface area (Å²) in [5.74, 6) is 0.984. The van der Waals surface area contributed by atoms with Crippen molar-refractivity contribution in [1.29, 1.82) is 0 Å². The van der Waals surface area contributed by atoms with Gasteiger partial charge in [0.1, 0.15) is 5.75 Å². The van der Waals surface area contributed by atoms with Crippen molar-refractivity contribution in [2.75, 3.05) is 0 Å². The van der Waals surface area contributed by atoms with Crippen molar-refractivity contribution in [1.82, 2.24) is 10.3 Å². The van der Waals surface area contributed by atoms with Crippen LogP contribution < -0.4 is 10.1 Å². The number of nitrogens with one attached hydrogen (secondary N) is 1. The van der Waals surface area contributed by atoms with Gasteiger partial charge in [0.15, 0.2) is 0 Å². The van der Waals surface area contributed by atoms with Crippen molar-refractivity contribution in [2.24, 2.45) is 0 Å². The second kappa shape index (κ2) is 8.11. The van der Waals surface area contributed by atoms with Gasteiger partial charge in [-0.05, 0) is 49.8 Å². The Hall–Kier alpha value is -1.88. The normalized spacial score (nSPS) is 14.8. The number of benzene rings is 1. The van der Waals surface area contributed by atoms with Gasteiger partial charge in [-0.2, -0.15) is 0 Å². The van der Waals surface area contributed by atoms with E-state index in [4.69, 9.17) is 4.74 Å². The van der Waals surface area contributed by atoms with Crippen LogP contribution in [-0.2, 0) is 17.8 Å². The fourth-order valence-electron chi connectivity index (χ4n) is 2.83. The first kappa shape index (κ1) is 16.0. The first-order valence-corrected chi connectivity index (χ1v) is 9.13. The lowest BCUT2D eigenvalue weighted by Gasteiger charge is -2.13. The molecule has 1 saturated carbocycles. The largest absolute Gasteiger partial charge is 0.490 e. The molecule has 1 aromatic carbocycles. The van der Waals surface area contributed by atoms with E-state index in [1.807, 2.05) is 17.5 Å². The van der Waals surface area contributed by atoms with Crippen LogP contribution in [0.15, 0.2) is 35.2 Å². The number of thiazole rings is 1. The number of hydrogen-bond acceptors (Lipinski definition) is 4. The highest BCUT2D eigenvalue weighted by Crippen LogP contribution is 2.24. The van der Waals surface area contributed by atoms with Gasteiger partial charge in [-0.3, -0.25) is 4.79 Å². The zero-order valence-electron chi connectivity index (χ0n) is 13.2. The smallest absolute Gasteiger partial charge is 0.220 e. The van der Waals surface area contributed by atoms with Gasteiger partial charge in [-0.25, -0.2) is 4.98 Å². The molecule has 23 heavy (non-hydrogen) atoms. The number of aryl methyl sites for hydroxylation is 1. The van der Waals surface area contributed by atoms with Gasteiger partial charge in [0.05, 0.1) is 23.9 Å². The lowest BCUT2D eigenvalue weighted by Crippen LogP contribution is -2.23. The summed E-state index contributed by atoms with van der Waals surface area (Å²) >= 11 is 1.54. The molecule has 3 rings (SSSR count). The van der Waals surface area contributed by atoms with E-state index in [-0.39, 0.29) is 5.91 Å². The highest BCUT2D eigenvalue weighted by molar-refractivity contribution is 7.07. The highest BCUT2D eigenvalue weighted by atomic mass is 32.1. The van der Waals surface area contributed by atoms with Crippen molar-refractivity contribution in [3.8, 4) is 5.75 Å². The second-order valence-electron chi connectivity index (χ2n) is 5.93. The third-order valence-corrected chi connectivity index (χ3v) is 4.73. The van der Waals surface area contributed by atoms with Crippen LogP contribution in [-0.4, -0.2) is 17.0 Å². The Balaban J connectivity index is 1.44. The Morgan fingerprint density at radius 2 is 2.22 bits per heavy atom. The van der Waals surface area contributed by atoms with Crippen molar-refractivity contribution in [3.63, 3.8) is 0 Å². The van der Waals surface area contributed by atoms with E-state index in [2.05, 4.69) is 22.4 Å². The minimum atomic E-state index is 0.0557. The topological polar surface area (TPSA) is 51.2 Å². The summed E-state index contributed by atoms with van der Waals surface area (Å²) in [6.45, 7) is 0.507. The molecule has 0 saturated heterocycles. The molecule has 1 aliphatic carbocycles. The van der Waals surface area contributed by atoms with Crippen LogP contribution in [0.25, 0.3) is 0 Å². The quantitative estimate of drug-likeness (QED) is 0.842. The van der Waals surface area contributed by atoms with Gasteiger partial charge >= 0.3 is 0 Å². The lowest BCUT2D eigenvalue weighted by molar-refractivity contribution is -0.121. The Morgan fingerprint density at radius 1 is 1.35 bits per heavy atom. The molecule has 0 spiro atoms. The van der Waals surface area contributed by atoms with E-state index in [0.29, 0.717) is 19.1 Å². The average molecular weight is 330 g/mol. The molecule has 0 atom stereocenters. The number of aromatic nitrogens is 1. The fourth-order valence-corrected chi connectivity index (χ4v) is 3.39. The zero-order chi connectivity index (χ0) is 15.9. The first-order valence-electron chi connectivity index (χ1n) is 8.19. The maximum absolute atomic E-state index is 11.9. The Morgan fingerprint density at radius 3 is 3.00 bits per heavy atom. The molecular formula is C18H22N2O2S. The molecule has 1 N–H and O–H groups in total. The van der Waals surface area contributed by atoms with Gasteiger partial charge in [0.25, 0.3) is 0 Å². The SMILES string of the molecule is O=C(CCc1cccc(OC2CCCC2)c1)NCc1cscn1. The minimum absolute atomic E-state index is 0.0557. The molecule has 0 bridgehead atoms. The Kier molecular flexibility index (Phi) is 5.64. The summed E-state index contributed by atoms with van der Waals surface area (Å²) < 4.78 is 6.01. The van der Waals surface area contributed by atoms with E-state index in [1.54, 1.807) is 5.51 Å². The van der Waals surface area contributed by atoms with Gasteiger partial charge in [-0.1, -0.05) is 12.1 Å². The number of nitrogens with zero attached hydrogens (tertiary/aromatic N) is 1. The van der Waals surface area contributed by atoms with E-state index in [0.717, 1.165) is 36.3 Å². The number of ether oxygens (including phenoxy) is 1. The third-order valence-electron chi connectivity index (χ3n) is 4.09. The van der Waals surface area contributed by atoms with Crippen molar-refractivity contribution < 1.29 is 9.53 Å². The second-order valence-corrected chi connectivity index (χ2v) is 6.65. The molecule has 122 valence electrons. The predicted octanol–water partition coefficient (Wildman–Crippen LogP) is 3.71. The highest BCUT2D eigenvalue weighted by Gasteiger charge is 2.16. The fraction of sp³-hybridized carbons (Fsp3) is 0.444. The summed E-state index contributed by atoms with van der Waals surface area (Å²) in [5, 5.41) is 4.85. The molecule has 1 amide bonds. The van der Waals surface area contributed by atoms with E-state index in [1.165, 1.54) is 24.2 Å². The monoisotopic (exact) mass is 330 g/mol. The number of rotatable bonds is 7. The Bertz CT molecular complexity index is 622. The van der Waals surface area contributed by atoms with Crippen LogP contribution >= 0.6 is 11.3 Å². The summed E-state index contributed by atoms with van der Waals surface area (Å²) in [6, 6.07) is 8.12. The maximum atomic E-state index is 11.9. The molecule has 2 aromatic rings. The molecule has 1 aliphatic rings. The van der Waals surface area contributed by atoms with E-state index < -0.39 is 0 Å². The van der Waals surface area contributed by atoms with Crippen molar-refractivity contribution >= 4 is 17.2 Å². The van der Waals surface area contributed by atoms with E-state index in [9.17, 15) is 4.79 Å². The van der Waals surface area contributed by atoms with Gasteiger partial charge in [-0.15, -0.1) is 11.3 Å². The van der Waals surface area contributed by atoms with Crippen molar-refractivity contribution in [3.05, 3.63) is 46.4 Å². The number of hydrogen-bond donors (Lipinski definition) is 1. The molecule has 1 heterocycles. The van der Waals surface area contributed by atoms with Gasteiger partial charge < -0.3 is 10.1 Å². The van der Waals surface area contributed by atoms with Crippen LogP contribution in [0.3, 0.4) is 0 Å². The first-order chi connectivity index (χ1) is 11.3. The van der Waals surface area contributed by atoms with Crippen LogP contribution in [0.1, 0.15) is 43.4 Å². The number of carbonyl (C=O) groups is 1. The van der Waals surface area contributed by atoms with Crippen LogP contribution in [0, 0.1) is 0 Å². The average Bonchev–Trinajstić information content (AvgIpc) is 3.25. The molecule has 1 fully saturated rings. The van der Waals surface area contributed by atoms with Crippen LogP contribution in [0.2, 0.25) is 0 Å². The molecule has 0 unspecified atom stereocenters. The number of amides is 1. The van der Waals surface area contributed by atoms with E-state index >= 15 is 0 Å². The zero-order valence-corrected chi connectivity index (χ0v) is 14.0. The molecule has 4 nitrogen and oxygen atoms in total. The van der Waals surface area contributed by atoms with Crippen LogP contribution in [0.4, 0.5) is 0 Å². The summed E-state index contributed by atoms with van der Waals surface area (Å²) in [7, 11) is 0. The predicted molar refractivity (Wildman–Crippen MR) is 91.6 cm³/mol. The molecular weight excluding hydrogens is 308 g/mol. The molecule has 5 heteroatoms. The Labute approximate surface area is 140 Å². The molecule has 0 radical (unpaired) electrons. The lowest BCUT2D eigenvalue weighted by atomic mass is 10.1. The van der Waals surface area contributed by atoms with Gasteiger partial charge in [0, 0.05) is 11.8 Å².